The Morgan fingerprint density at radius 2 is 1.40 bits per heavy atom. The number of guanidine groups is 2. The summed E-state index contributed by atoms with van der Waals surface area (Å²) in [5, 5.41) is 15.8. The molecule has 7 N–H and O–H groups in total. The molecule has 6 heteroatoms. The number of unbranched alkanes of at least 4 members (excludes halogenated alkanes) is 3. The number of nitrogens with one attached hydrogen (secondary N) is 3. The van der Waals surface area contributed by atoms with Gasteiger partial charge < -0.3 is 11.5 Å². The Hall–Kier alpha value is -1.75. The van der Waals surface area contributed by atoms with Crippen molar-refractivity contribution in [2.24, 2.45) is 11.5 Å². The van der Waals surface area contributed by atoms with E-state index in [1.54, 1.807) is 0 Å². The molecule has 1 rings (SSSR count). The second kappa shape index (κ2) is 15.3. The third kappa shape index (κ3) is 21.5. The molecule has 0 aliphatic heterocycles. The van der Waals surface area contributed by atoms with Crippen LogP contribution in [-0.2, 0) is 0 Å². The van der Waals surface area contributed by atoms with Crippen LogP contribution in [0.3, 0.4) is 0 Å². The maximum absolute atomic E-state index is 6.47. The van der Waals surface area contributed by atoms with E-state index in [4.69, 9.17) is 33.9 Å². The number of nitrogens with two attached hydrogens (primary N) is 2. The van der Waals surface area contributed by atoms with Crippen molar-refractivity contribution in [2.75, 3.05) is 0 Å². The Bertz CT molecular complexity index is 338. The molecule has 0 amide bonds. The Balaban J connectivity index is 0. The summed E-state index contributed by atoms with van der Waals surface area (Å²) in [4.78, 5) is 0. The van der Waals surface area contributed by atoms with Crippen LogP contribution < -0.4 is 16.8 Å². The quantitative estimate of drug-likeness (QED) is 0.335. The van der Waals surface area contributed by atoms with Gasteiger partial charge in [0.25, 0.3) is 0 Å². The third-order valence-corrected chi connectivity index (χ3v) is 2.21. The second-order valence-electron chi connectivity index (χ2n) is 3.96. The minimum atomic E-state index is -0.312. The monoisotopic (exact) mass is 299 g/mol. The van der Waals surface area contributed by atoms with Gasteiger partial charge in [-0.25, -0.2) is 0 Å². The molecule has 0 fully saturated rings. The Morgan fingerprint density at radius 3 is 1.55 bits per heavy atom. The first-order valence-corrected chi connectivity index (χ1v) is 6.97. The first-order valence-electron chi connectivity index (χ1n) is 6.59. The maximum atomic E-state index is 6.47. The van der Waals surface area contributed by atoms with E-state index in [0.717, 1.165) is 5.02 Å². The van der Waals surface area contributed by atoms with Gasteiger partial charge in [-0.15, -0.1) is 0 Å². The molecule has 0 atom stereocenters. The van der Waals surface area contributed by atoms with Crippen LogP contribution in [0.5, 0.6) is 0 Å². The molecule has 114 valence electrons. The highest BCUT2D eigenvalue weighted by Gasteiger charge is 1.83. The van der Waals surface area contributed by atoms with E-state index in [1.807, 2.05) is 35.6 Å². The lowest BCUT2D eigenvalue weighted by atomic mass is 10.2. The maximum Gasteiger partial charge on any atom is 0.192 e. The van der Waals surface area contributed by atoms with Crippen LogP contribution in [0.2, 0.25) is 5.02 Å². The van der Waals surface area contributed by atoms with Gasteiger partial charge in [-0.1, -0.05) is 69.3 Å². The van der Waals surface area contributed by atoms with Crippen molar-refractivity contribution in [2.45, 2.75) is 39.5 Å². The van der Waals surface area contributed by atoms with Gasteiger partial charge in [0.15, 0.2) is 11.9 Å². The van der Waals surface area contributed by atoms with Crippen molar-refractivity contribution in [3.8, 4) is 0 Å². The van der Waals surface area contributed by atoms with E-state index in [2.05, 4.69) is 13.8 Å². The van der Waals surface area contributed by atoms with Crippen LogP contribution in [0, 0.1) is 10.8 Å². The van der Waals surface area contributed by atoms with E-state index in [1.165, 1.54) is 25.7 Å². The van der Waals surface area contributed by atoms with Crippen molar-refractivity contribution in [3.05, 3.63) is 35.4 Å². The zero-order chi connectivity index (χ0) is 15.8. The van der Waals surface area contributed by atoms with Crippen LogP contribution in [0.4, 0.5) is 0 Å². The Morgan fingerprint density at radius 1 is 1.00 bits per heavy atom. The summed E-state index contributed by atoms with van der Waals surface area (Å²) in [6.45, 7) is 4.46. The normalized spacial score (nSPS) is 8.35. The van der Waals surface area contributed by atoms with Crippen molar-refractivity contribution in [3.63, 3.8) is 0 Å². The number of rotatable bonds is 3. The second-order valence-corrected chi connectivity index (χ2v) is 4.39. The number of benzene rings is 1. The lowest BCUT2D eigenvalue weighted by molar-refractivity contribution is 0.702. The van der Waals surface area contributed by atoms with Gasteiger partial charge in [-0.3, -0.25) is 16.1 Å². The molecule has 0 aromatic heterocycles. The zero-order valence-electron chi connectivity index (χ0n) is 12.2. The van der Waals surface area contributed by atoms with Crippen LogP contribution in [0.15, 0.2) is 30.3 Å². The van der Waals surface area contributed by atoms with Crippen molar-refractivity contribution in [1.29, 1.82) is 10.8 Å². The highest BCUT2D eigenvalue weighted by molar-refractivity contribution is 6.30. The summed E-state index contributed by atoms with van der Waals surface area (Å²) >= 11 is 5.54. The molecule has 0 spiro atoms. The average molecular weight is 300 g/mol. The Labute approximate surface area is 126 Å². The highest BCUT2D eigenvalue weighted by Crippen LogP contribution is 2.03. The fourth-order valence-corrected chi connectivity index (χ4v) is 1.21. The van der Waals surface area contributed by atoms with Gasteiger partial charge in [0.2, 0.25) is 0 Å². The number of hydrogen-bond acceptors (Lipinski definition) is 2. The molecule has 0 radical (unpaired) electrons. The van der Waals surface area contributed by atoms with Crippen LogP contribution in [0.25, 0.3) is 0 Å². The standard InChI is InChI=1S/C6H5Cl.C6H14.C2H7N5/c7-6-4-2-1-3-5-6;1-3-5-6-4-2;3-1(4)7-2(5)6/h1-5H;3-6H2,1-2H3;(H7,3,4,5,6,7). The van der Waals surface area contributed by atoms with E-state index in [9.17, 15) is 0 Å². The fourth-order valence-electron chi connectivity index (χ4n) is 1.06. The summed E-state index contributed by atoms with van der Waals surface area (Å²) in [5.41, 5.74) is 9.49. The minimum absolute atomic E-state index is 0.312. The molecule has 0 aliphatic carbocycles. The molecule has 20 heavy (non-hydrogen) atoms. The third-order valence-electron chi connectivity index (χ3n) is 1.96. The average Bonchev–Trinajstić information content (AvgIpc) is 2.37. The van der Waals surface area contributed by atoms with E-state index >= 15 is 0 Å². The van der Waals surface area contributed by atoms with Crippen LogP contribution in [0.1, 0.15) is 39.5 Å². The number of hydrogen-bond donors (Lipinski definition) is 5. The largest absolute Gasteiger partial charge is 0.370 e. The topological polar surface area (TPSA) is 112 Å². The van der Waals surface area contributed by atoms with Crippen LogP contribution >= 0.6 is 11.6 Å². The smallest absolute Gasteiger partial charge is 0.192 e. The summed E-state index contributed by atoms with van der Waals surface area (Å²) in [5.74, 6) is -0.625. The molecule has 0 heterocycles. The predicted molar refractivity (Wildman–Crippen MR) is 88.2 cm³/mol. The lowest BCUT2D eigenvalue weighted by Gasteiger charge is -1.95. The molecule has 5 nitrogen and oxygen atoms in total. The van der Waals surface area contributed by atoms with Gasteiger partial charge in [-0.05, 0) is 12.1 Å². The highest BCUT2D eigenvalue weighted by atomic mass is 35.5. The first kappa shape index (κ1) is 20.6. The molecule has 0 saturated heterocycles. The minimum Gasteiger partial charge on any atom is -0.370 e. The predicted octanol–water partition coefficient (Wildman–Crippen LogP) is 3.29. The summed E-state index contributed by atoms with van der Waals surface area (Å²) in [7, 11) is 0. The molecule has 0 unspecified atom stereocenters. The lowest BCUT2D eigenvalue weighted by Crippen LogP contribution is -2.39. The summed E-state index contributed by atoms with van der Waals surface area (Å²) in [6, 6.07) is 9.44. The molecule has 1 aromatic rings. The SMILES string of the molecule is CCCCCC.Clc1ccccc1.N=C(N)NC(=N)N. The Kier molecular flexibility index (Phi) is 15.7. The molecule has 0 aliphatic rings. The van der Waals surface area contributed by atoms with Gasteiger partial charge in [-0.2, -0.15) is 0 Å². The summed E-state index contributed by atoms with van der Waals surface area (Å²) < 4.78 is 0. The van der Waals surface area contributed by atoms with Crippen molar-refractivity contribution >= 4 is 23.5 Å². The van der Waals surface area contributed by atoms with Gasteiger partial charge in [0.05, 0.1) is 0 Å². The fraction of sp³-hybridized carbons (Fsp3) is 0.429. The van der Waals surface area contributed by atoms with E-state index in [0.29, 0.717) is 0 Å². The molecule has 0 saturated carbocycles. The van der Waals surface area contributed by atoms with Crippen molar-refractivity contribution in [1.82, 2.24) is 5.32 Å². The van der Waals surface area contributed by atoms with E-state index < -0.39 is 0 Å². The zero-order valence-corrected chi connectivity index (χ0v) is 13.0. The van der Waals surface area contributed by atoms with Gasteiger partial charge >= 0.3 is 0 Å². The summed E-state index contributed by atoms with van der Waals surface area (Å²) in [6.07, 6.45) is 5.54. The van der Waals surface area contributed by atoms with Gasteiger partial charge in [0, 0.05) is 5.02 Å². The number of halogens is 1. The molecular weight excluding hydrogens is 274 g/mol. The molecular formula is C14H26ClN5. The van der Waals surface area contributed by atoms with Crippen LogP contribution in [-0.4, -0.2) is 11.9 Å². The van der Waals surface area contributed by atoms with Gasteiger partial charge in [0.1, 0.15) is 0 Å². The molecule has 0 bridgehead atoms. The van der Waals surface area contributed by atoms with Crippen molar-refractivity contribution < 1.29 is 0 Å². The first-order chi connectivity index (χ1) is 9.43. The molecule has 1 aromatic carbocycles. The van der Waals surface area contributed by atoms with E-state index in [-0.39, 0.29) is 11.9 Å².